The number of aliphatic carboxylic acids is 2. The van der Waals surface area contributed by atoms with Crippen LogP contribution in [0.15, 0.2) is 30.3 Å². The summed E-state index contributed by atoms with van der Waals surface area (Å²) in [6, 6.07) is 3.77. The highest BCUT2D eigenvalue weighted by atomic mass is 16.4. The monoisotopic (exact) mass is 492 g/mol. The maximum Gasteiger partial charge on any atom is 0.326 e. The average molecular weight is 493 g/mol. The van der Waals surface area contributed by atoms with Gasteiger partial charge in [0.2, 0.25) is 17.7 Å². The van der Waals surface area contributed by atoms with Crippen molar-refractivity contribution in [2.24, 2.45) is 17.6 Å². The molecule has 11 nitrogen and oxygen atoms in total. The van der Waals surface area contributed by atoms with Crippen LogP contribution in [0.4, 0.5) is 0 Å². The molecule has 194 valence electrons. The highest BCUT2D eigenvalue weighted by Gasteiger charge is 2.33. The zero-order valence-electron chi connectivity index (χ0n) is 20.5. The second-order valence-corrected chi connectivity index (χ2v) is 8.89. The first-order chi connectivity index (χ1) is 16.4. The number of carboxylic acids is 2. The van der Waals surface area contributed by atoms with E-state index in [1.165, 1.54) is 0 Å². The lowest BCUT2D eigenvalue weighted by molar-refractivity contribution is -0.143. The van der Waals surface area contributed by atoms with Crippen molar-refractivity contribution in [2.45, 2.75) is 71.1 Å². The van der Waals surface area contributed by atoms with Crippen LogP contribution in [0.5, 0.6) is 0 Å². The van der Waals surface area contributed by atoms with E-state index < -0.39 is 60.2 Å². The highest BCUT2D eigenvalue weighted by Crippen LogP contribution is 2.11. The van der Waals surface area contributed by atoms with Gasteiger partial charge < -0.3 is 31.9 Å². The van der Waals surface area contributed by atoms with E-state index >= 15 is 0 Å². The van der Waals surface area contributed by atoms with Crippen LogP contribution in [0.2, 0.25) is 0 Å². The lowest BCUT2D eigenvalue weighted by Crippen LogP contribution is -2.59. The standard InChI is InChI=1S/C24H36N4O7/c1-5-14(4)20(28-22(32)19(25)13(2)3)23(33)26-16(12-18(29)30)21(31)27-17(24(34)35)11-15-9-7-6-8-10-15/h6-10,13-14,16-17,19-20H,5,11-12,25H2,1-4H3,(H,26,33)(H,27,31)(H,28,32)(H,29,30)(H,34,35). The van der Waals surface area contributed by atoms with Gasteiger partial charge in [0.1, 0.15) is 18.1 Å². The Hall–Kier alpha value is -3.47. The quantitative estimate of drug-likeness (QED) is 0.213. The molecule has 1 rings (SSSR count). The van der Waals surface area contributed by atoms with Crippen molar-refractivity contribution in [1.82, 2.24) is 16.0 Å². The minimum atomic E-state index is -1.56. The minimum absolute atomic E-state index is 0.0334. The molecule has 1 aromatic rings. The van der Waals surface area contributed by atoms with Gasteiger partial charge >= 0.3 is 11.9 Å². The molecule has 0 saturated carbocycles. The number of benzene rings is 1. The minimum Gasteiger partial charge on any atom is -0.481 e. The second-order valence-electron chi connectivity index (χ2n) is 8.89. The molecule has 35 heavy (non-hydrogen) atoms. The predicted molar refractivity (Wildman–Crippen MR) is 128 cm³/mol. The number of carbonyl (C=O) groups excluding carboxylic acids is 3. The molecule has 0 bridgehead atoms. The summed E-state index contributed by atoms with van der Waals surface area (Å²) in [5.41, 5.74) is 6.52. The lowest BCUT2D eigenvalue weighted by atomic mass is 9.96. The third-order valence-corrected chi connectivity index (χ3v) is 5.72. The first-order valence-electron chi connectivity index (χ1n) is 11.5. The topological polar surface area (TPSA) is 188 Å². The van der Waals surface area contributed by atoms with Crippen molar-refractivity contribution in [3.05, 3.63) is 35.9 Å². The molecule has 0 spiro atoms. The summed E-state index contributed by atoms with van der Waals surface area (Å²) in [4.78, 5) is 61.4. The Morgan fingerprint density at radius 3 is 1.91 bits per heavy atom. The van der Waals surface area contributed by atoms with E-state index in [2.05, 4.69) is 16.0 Å². The van der Waals surface area contributed by atoms with E-state index in [0.717, 1.165) is 0 Å². The van der Waals surface area contributed by atoms with E-state index in [0.29, 0.717) is 12.0 Å². The van der Waals surface area contributed by atoms with Crippen LogP contribution >= 0.6 is 0 Å². The molecule has 1 aromatic carbocycles. The van der Waals surface area contributed by atoms with Crippen LogP contribution in [0, 0.1) is 11.8 Å². The number of rotatable bonds is 14. The van der Waals surface area contributed by atoms with Crippen molar-refractivity contribution in [2.75, 3.05) is 0 Å². The number of amides is 3. The Kier molecular flexibility index (Phi) is 11.9. The molecule has 0 aromatic heterocycles. The number of carbonyl (C=O) groups is 5. The van der Waals surface area contributed by atoms with Crippen LogP contribution in [0.25, 0.3) is 0 Å². The Labute approximate surface area is 204 Å². The van der Waals surface area contributed by atoms with Crippen LogP contribution in [0.1, 0.15) is 46.1 Å². The van der Waals surface area contributed by atoms with Gasteiger partial charge in [-0.15, -0.1) is 0 Å². The Morgan fingerprint density at radius 1 is 0.857 bits per heavy atom. The molecule has 5 unspecified atom stereocenters. The first-order valence-corrected chi connectivity index (χ1v) is 11.5. The van der Waals surface area contributed by atoms with Gasteiger partial charge in [0.05, 0.1) is 12.5 Å². The second kappa shape index (κ2) is 14.1. The van der Waals surface area contributed by atoms with Gasteiger partial charge in [0.25, 0.3) is 0 Å². The van der Waals surface area contributed by atoms with Crippen LogP contribution in [-0.4, -0.2) is 64.0 Å². The average Bonchev–Trinajstić information content (AvgIpc) is 2.80. The number of hydrogen-bond donors (Lipinski definition) is 6. The molecule has 0 saturated heterocycles. The summed E-state index contributed by atoms with van der Waals surface area (Å²) < 4.78 is 0. The van der Waals surface area contributed by atoms with Crippen molar-refractivity contribution >= 4 is 29.7 Å². The summed E-state index contributed by atoms with van der Waals surface area (Å²) in [5.74, 6) is -5.48. The SMILES string of the molecule is CCC(C)C(NC(=O)C(N)C(C)C)C(=O)NC(CC(=O)O)C(=O)NC(Cc1ccccc1)C(=O)O. The maximum atomic E-state index is 13.0. The van der Waals surface area contributed by atoms with Gasteiger partial charge in [-0.3, -0.25) is 19.2 Å². The molecule has 7 N–H and O–H groups in total. The van der Waals surface area contributed by atoms with Crippen molar-refractivity contribution in [1.29, 1.82) is 0 Å². The van der Waals surface area contributed by atoms with E-state index in [4.69, 9.17) is 5.73 Å². The molecule has 0 aliphatic rings. The smallest absolute Gasteiger partial charge is 0.326 e. The first kappa shape index (κ1) is 29.6. The van der Waals surface area contributed by atoms with Crippen LogP contribution in [-0.2, 0) is 30.4 Å². The fourth-order valence-corrected chi connectivity index (χ4v) is 3.22. The fraction of sp³-hybridized carbons (Fsp3) is 0.542. The van der Waals surface area contributed by atoms with Gasteiger partial charge in [-0.1, -0.05) is 64.4 Å². The van der Waals surface area contributed by atoms with Gasteiger partial charge in [0.15, 0.2) is 0 Å². The molecule has 5 atom stereocenters. The molecule has 11 heteroatoms. The van der Waals surface area contributed by atoms with Crippen molar-refractivity contribution in [3.63, 3.8) is 0 Å². The zero-order valence-corrected chi connectivity index (χ0v) is 20.5. The zero-order chi connectivity index (χ0) is 26.7. The fourth-order valence-electron chi connectivity index (χ4n) is 3.22. The molecule has 0 fully saturated rings. The third kappa shape index (κ3) is 9.73. The third-order valence-electron chi connectivity index (χ3n) is 5.72. The van der Waals surface area contributed by atoms with Crippen molar-refractivity contribution < 1.29 is 34.2 Å². The predicted octanol–water partition coefficient (Wildman–Crippen LogP) is 0.272. The summed E-state index contributed by atoms with van der Waals surface area (Å²) in [6.45, 7) is 7.04. The molecular formula is C24H36N4O7. The van der Waals surface area contributed by atoms with E-state index in [1.54, 1.807) is 51.1 Å². The highest BCUT2D eigenvalue weighted by molar-refractivity contribution is 5.95. The van der Waals surface area contributed by atoms with E-state index in [1.807, 2.05) is 6.92 Å². The maximum absolute atomic E-state index is 13.0. The summed E-state index contributed by atoms with van der Waals surface area (Å²) in [5, 5.41) is 26.1. The Morgan fingerprint density at radius 2 is 1.43 bits per heavy atom. The number of nitrogens with one attached hydrogen (secondary N) is 3. The number of hydrogen-bond acceptors (Lipinski definition) is 6. The van der Waals surface area contributed by atoms with E-state index in [9.17, 15) is 34.2 Å². The lowest BCUT2D eigenvalue weighted by Gasteiger charge is -2.28. The van der Waals surface area contributed by atoms with E-state index in [-0.39, 0.29) is 18.3 Å². The van der Waals surface area contributed by atoms with Gasteiger partial charge in [0, 0.05) is 6.42 Å². The van der Waals surface area contributed by atoms with Gasteiger partial charge in [-0.05, 0) is 17.4 Å². The summed E-state index contributed by atoms with van der Waals surface area (Å²) in [6.07, 6.45) is -0.306. The number of nitrogens with two attached hydrogens (primary N) is 1. The molecule has 0 aliphatic heterocycles. The normalized spacial score (nSPS) is 15.3. The molecule has 3 amide bonds. The van der Waals surface area contributed by atoms with Gasteiger partial charge in [-0.2, -0.15) is 0 Å². The molecule has 0 radical (unpaired) electrons. The van der Waals surface area contributed by atoms with Crippen LogP contribution in [0.3, 0.4) is 0 Å². The molecule has 0 aliphatic carbocycles. The van der Waals surface area contributed by atoms with Gasteiger partial charge in [-0.25, -0.2) is 4.79 Å². The van der Waals surface area contributed by atoms with Crippen LogP contribution < -0.4 is 21.7 Å². The Balaban J connectivity index is 3.04. The molecule has 0 heterocycles. The number of carboxylic acid groups (broad SMARTS) is 2. The van der Waals surface area contributed by atoms with Crippen molar-refractivity contribution in [3.8, 4) is 0 Å². The largest absolute Gasteiger partial charge is 0.481 e. The Bertz CT molecular complexity index is 891. The summed E-state index contributed by atoms with van der Waals surface area (Å²) >= 11 is 0. The molecular weight excluding hydrogens is 456 g/mol. The summed E-state index contributed by atoms with van der Waals surface area (Å²) in [7, 11) is 0.